The Bertz CT molecular complexity index is 670. The first-order chi connectivity index (χ1) is 13.7. The third kappa shape index (κ3) is 7.40. The van der Waals surface area contributed by atoms with Gasteiger partial charge in [-0.05, 0) is 37.1 Å². The van der Waals surface area contributed by atoms with E-state index in [9.17, 15) is 0 Å². The summed E-state index contributed by atoms with van der Waals surface area (Å²) in [5.74, 6) is 0. The summed E-state index contributed by atoms with van der Waals surface area (Å²) >= 11 is 11.0. The minimum Gasteiger partial charge on any atom is -0.375 e. The topological polar surface area (TPSA) is 55.6 Å². The van der Waals surface area contributed by atoms with Gasteiger partial charge in [-0.1, -0.05) is 76.8 Å². The first-order valence-corrected chi connectivity index (χ1v) is 11.4. The highest BCUT2D eigenvalue weighted by molar-refractivity contribution is 7.81. The molecule has 0 atom stereocenters. The third-order valence-electron chi connectivity index (χ3n) is 4.78. The molecule has 0 aliphatic heterocycles. The van der Waals surface area contributed by atoms with Gasteiger partial charge in [0.2, 0.25) is 0 Å². The molecular formula is C22H34N4S2. The summed E-state index contributed by atoms with van der Waals surface area (Å²) in [6.07, 6.45) is 9.88. The van der Waals surface area contributed by atoms with E-state index < -0.39 is 0 Å². The predicted octanol–water partition coefficient (Wildman–Crippen LogP) is 5.70. The molecule has 0 aliphatic rings. The van der Waals surface area contributed by atoms with Crippen LogP contribution in [0.1, 0.15) is 76.6 Å². The van der Waals surface area contributed by atoms with Crippen LogP contribution in [0.4, 0.5) is 0 Å². The second-order valence-electron chi connectivity index (χ2n) is 7.20. The number of rotatable bonds is 13. The number of thiocarbonyl (C=S) groups is 2. The molecule has 2 aromatic rings. The molecule has 154 valence electrons. The number of H-pyrrole nitrogens is 2. The number of hydrogen-bond acceptors (Lipinski definition) is 2. The molecule has 0 saturated carbocycles. The van der Waals surface area contributed by atoms with E-state index in [0.29, 0.717) is 0 Å². The van der Waals surface area contributed by atoms with Gasteiger partial charge >= 0.3 is 0 Å². The molecule has 4 nitrogen and oxygen atoms in total. The summed E-state index contributed by atoms with van der Waals surface area (Å²) in [6.45, 7) is 6.30. The average Bonchev–Trinajstić information content (AvgIpc) is 3.37. The van der Waals surface area contributed by atoms with E-state index in [-0.39, 0.29) is 0 Å². The first kappa shape index (κ1) is 22.6. The van der Waals surface area contributed by atoms with E-state index >= 15 is 0 Å². The average molecular weight is 419 g/mol. The summed E-state index contributed by atoms with van der Waals surface area (Å²) in [7, 11) is 0. The van der Waals surface area contributed by atoms with Crippen molar-refractivity contribution >= 4 is 34.4 Å². The van der Waals surface area contributed by atoms with Gasteiger partial charge in [0.05, 0.1) is 22.8 Å². The molecule has 6 heteroatoms. The summed E-state index contributed by atoms with van der Waals surface area (Å²) in [6, 6.07) is 8.16. The fourth-order valence-electron chi connectivity index (χ4n) is 3.07. The first-order valence-electron chi connectivity index (χ1n) is 10.6. The second kappa shape index (κ2) is 12.7. The van der Waals surface area contributed by atoms with Gasteiger partial charge in [-0.2, -0.15) is 0 Å². The lowest BCUT2D eigenvalue weighted by atomic mass is 10.2. The Balaban J connectivity index is 1.83. The van der Waals surface area contributed by atoms with Gasteiger partial charge in [0.25, 0.3) is 0 Å². The van der Waals surface area contributed by atoms with Crippen molar-refractivity contribution in [3.63, 3.8) is 0 Å². The molecule has 0 fully saturated rings. The van der Waals surface area contributed by atoms with Gasteiger partial charge in [0.1, 0.15) is 9.98 Å². The van der Waals surface area contributed by atoms with E-state index in [1.165, 1.54) is 38.5 Å². The maximum Gasteiger partial charge on any atom is 0.123 e. The molecule has 0 bridgehead atoms. The third-order valence-corrected chi connectivity index (χ3v) is 5.51. The maximum absolute atomic E-state index is 5.50. The monoisotopic (exact) mass is 418 g/mol. The van der Waals surface area contributed by atoms with Crippen LogP contribution in [0.15, 0.2) is 24.3 Å². The number of aromatic amines is 2. The Morgan fingerprint density at radius 3 is 1.50 bits per heavy atom. The standard InChI is InChI=1S/C22H34N4S2/c1-3-5-7-9-15-23-21(27)19-13-11-17(25-19)18-12-14-20(26-18)22(28)24-16-10-8-6-4-2/h11-14,25-26H,3-10,15-16H2,1-2H3,(H,23,27)(H,24,28). The summed E-state index contributed by atoms with van der Waals surface area (Å²) in [4.78, 5) is 8.36. The molecule has 0 aromatic carbocycles. The van der Waals surface area contributed by atoms with E-state index in [0.717, 1.165) is 58.7 Å². The van der Waals surface area contributed by atoms with Crippen LogP contribution in [0, 0.1) is 0 Å². The Kier molecular flexibility index (Phi) is 10.3. The van der Waals surface area contributed by atoms with Crippen molar-refractivity contribution in [3.05, 3.63) is 35.7 Å². The highest BCUT2D eigenvalue weighted by Gasteiger charge is 2.09. The van der Waals surface area contributed by atoms with E-state index in [2.05, 4.69) is 46.6 Å². The lowest BCUT2D eigenvalue weighted by Gasteiger charge is -2.06. The van der Waals surface area contributed by atoms with Crippen LogP contribution < -0.4 is 10.6 Å². The molecular weight excluding hydrogens is 384 g/mol. The van der Waals surface area contributed by atoms with Crippen LogP contribution in [0.5, 0.6) is 0 Å². The SMILES string of the molecule is CCCCCCNC(=S)c1ccc(-c2ccc(C(=S)NCCCCCC)[nH]2)[nH]1. The lowest BCUT2D eigenvalue weighted by Crippen LogP contribution is -2.23. The fraction of sp³-hybridized carbons (Fsp3) is 0.545. The van der Waals surface area contributed by atoms with E-state index in [1.54, 1.807) is 0 Å². The summed E-state index contributed by atoms with van der Waals surface area (Å²) in [5, 5.41) is 6.69. The van der Waals surface area contributed by atoms with Gasteiger partial charge in [-0.25, -0.2) is 0 Å². The molecule has 0 amide bonds. The Morgan fingerprint density at radius 1 is 0.679 bits per heavy atom. The zero-order chi connectivity index (χ0) is 20.2. The van der Waals surface area contributed by atoms with Crippen molar-refractivity contribution in [1.29, 1.82) is 0 Å². The van der Waals surface area contributed by atoms with Crippen molar-refractivity contribution in [3.8, 4) is 11.4 Å². The maximum atomic E-state index is 5.50. The molecule has 0 radical (unpaired) electrons. The van der Waals surface area contributed by atoms with Crippen molar-refractivity contribution in [2.45, 2.75) is 65.2 Å². The normalized spacial score (nSPS) is 10.8. The number of unbranched alkanes of at least 4 members (excludes halogenated alkanes) is 6. The van der Waals surface area contributed by atoms with Gasteiger partial charge in [-0.3, -0.25) is 0 Å². The Morgan fingerprint density at radius 2 is 1.11 bits per heavy atom. The molecule has 2 rings (SSSR count). The fourth-order valence-corrected chi connectivity index (χ4v) is 3.51. The van der Waals surface area contributed by atoms with Gasteiger partial charge in [0.15, 0.2) is 0 Å². The highest BCUT2D eigenvalue weighted by Crippen LogP contribution is 2.18. The quantitative estimate of drug-likeness (QED) is 0.249. The van der Waals surface area contributed by atoms with Crippen LogP contribution in [-0.4, -0.2) is 33.0 Å². The van der Waals surface area contributed by atoms with Crippen molar-refractivity contribution < 1.29 is 0 Å². The van der Waals surface area contributed by atoms with Crippen molar-refractivity contribution in [2.24, 2.45) is 0 Å². The molecule has 0 saturated heterocycles. The van der Waals surface area contributed by atoms with Crippen LogP contribution >= 0.6 is 24.4 Å². The smallest absolute Gasteiger partial charge is 0.123 e. The highest BCUT2D eigenvalue weighted by atomic mass is 32.1. The van der Waals surface area contributed by atoms with E-state index in [4.69, 9.17) is 24.4 Å². The van der Waals surface area contributed by atoms with Gasteiger partial charge in [0, 0.05) is 13.1 Å². The van der Waals surface area contributed by atoms with Gasteiger partial charge in [-0.15, -0.1) is 0 Å². The molecule has 2 aromatic heterocycles. The lowest BCUT2D eigenvalue weighted by molar-refractivity contribution is 0.655. The van der Waals surface area contributed by atoms with Crippen LogP contribution in [0.25, 0.3) is 11.4 Å². The Labute approximate surface area is 180 Å². The molecule has 4 N–H and O–H groups in total. The summed E-state index contributed by atoms with van der Waals surface area (Å²) in [5.41, 5.74) is 3.94. The largest absolute Gasteiger partial charge is 0.375 e. The summed E-state index contributed by atoms with van der Waals surface area (Å²) < 4.78 is 0. The predicted molar refractivity (Wildman–Crippen MR) is 128 cm³/mol. The molecule has 0 aliphatic carbocycles. The number of nitrogens with one attached hydrogen (secondary N) is 4. The van der Waals surface area contributed by atoms with Crippen molar-refractivity contribution in [1.82, 2.24) is 20.6 Å². The number of hydrogen-bond donors (Lipinski definition) is 4. The molecule has 2 heterocycles. The second-order valence-corrected chi connectivity index (χ2v) is 8.02. The zero-order valence-corrected chi connectivity index (χ0v) is 18.8. The minimum absolute atomic E-state index is 0.777. The van der Waals surface area contributed by atoms with Crippen LogP contribution in [-0.2, 0) is 0 Å². The van der Waals surface area contributed by atoms with Crippen molar-refractivity contribution in [2.75, 3.05) is 13.1 Å². The number of aromatic nitrogens is 2. The van der Waals surface area contributed by atoms with Crippen LogP contribution in [0.2, 0.25) is 0 Å². The Hall–Kier alpha value is -1.66. The van der Waals surface area contributed by atoms with Gasteiger partial charge < -0.3 is 20.6 Å². The minimum atomic E-state index is 0.777. The molecule has 0 spiro atoms. The van der Waals surface area contributed by atoms with Crippen LogP contribution in [0.3, 0.4) is 0 Å². The zero-order valence-electron chi connectivity index (χ0n) is 17.2. The molecule has 0 unspecified atom stereocenters. The molecule has 28 heavy (non-hydrogen) atoms. The van der Waals surface area contributed by atoms with E-state index in [1.807, 2.05) is 12.1 Å².